The predicted molar refractivity (Wildman–Crippen MR) is 85.1 cm³/mol. The molecule has 0 unspecified atom stereocenters. The van der Waals surface area contributed by atoms with Gasteiger partial charge in [-0.1, -0.05) is 0 Å². The van der Waals surface area contributed by atoms with Crippen LogP contribution in [0.15, 0.2) is 9.67 Å². The number of unbranched alkanes of at least 4 members (excludes halogenated alkanes) is 3. The van der Waals surface area contributed by atoms with Crippen LogP contribution in [0, 0.1) is 0 Å². The van der Waals surface area contributed by atoms with Crippen molar-refractivity contribution in [2.45, 2.75) is 72.6 Å². The molecule has 0 saturated heterocycles. The molecule has 0 aromatic rings. The molecule has 3 nitrogen and oxygen atoms in total. The summed E-state index contributed by atoms with van der Waals surface area (Å²) < 4.78 is 4.38. The first-order chi connectivity index (χ1) is 9.56. The SMILES string of the molecule is CCC[CH2][Sn]([CH2]CCC)([CH2]CCC)/[C](=C\C(=O)[O-])CO. The molecule has 0 amide bonds. The van der Waals surface area contributed by atoms with Crippen LogP contribution in [-0.4, -0.2) is 36.1 Å². The van der Waals surface area contributed by atoms with Gasteiger partial charge in [-0.15, -0.1) is 0 Å². The number of hydrogen-bond donors (Lipinski definition) is 1. The van der Waals surface area contributed by atoms with Crippen molar-refractivity contribution in [1.82, 2.24) is 0 Å². The summed E-state index contributed by atoms with van der Waals surface area (Å²) in [6, 6.07) is 0. The van der Waals surface area contributed by atoms with Crippen LogP contribution in [-0.2, 0) is 4.79 Å². The number of carbonyl (C=O) groups excluding carboxylic acids is 1. The van der Waals surface area contributed by atoms with E-state index < -0.39 is 24.3 Å². The average Bonchev–Trinajstić information content (AvgIpc) is 2.44. The Morgan fingerprint density at radius 1 is 1.00 bits per heavy atom. The molecule has 1 N–H and O–H groups in total. The van der Waals surface area contributed by atoms with Crippen LogP contribution in [0.3, 0.4) is 0 Å². The molecular formula is C16H31O3Sn-. The monoisotopic (exact) mass is 391 g/mol. The summed E-state index contributed by atoms with van der Waals surface area (Å²) in [5.41, 5.74) is 0. The van der Waals surface area contributed by atoms with E-state index in [1.807, 2.05) is 0 Å². The van der Waals surface area contributed by atoms with Gasteiger partial charge in [0.2, 0.25) is 0 Å². The Labute approximate surface area is 128 Å². The summed E-state index contributed by atoms with van der Waals surface area (Å²) in [5, 5.41) is 20.7. The minimum absolute atomic E-state index is 0.0821. The third-order valence-electron chi connectivity index (χ3n) is 4.17. The van der Waals surface area contributed by atoms with Crippen molar-refractivity contribution in [2.24, 2.45) is 0 Å². The third-order valence-corrected chi connectivity index (χ3v) is 20.1. The van der Waals surface area contributed by atoms with E-state index in [1.165, 1.54) is 19.4 Å². The van der Waals surface area contributed by atoms with E-state index in [0.29, 0.717) is 0 Å². The van der Waals surface area contributed by atoms with Gasteiger partial charge in [-0.2, -0.15) is 0 Å². The molecule has 4 heteroatoms. The second-order valence-electron chi connectivity index (χ2n) is 5.74. The summed E-state index contributed by atoms with van der Waals surface area (Å²) in [6.07, 6.45) is 8.13. The van der Waals surface area contributed by atoms with E-state index in [9.17, 15) is 15.0 Å². The molecule has 20 heavy (non-hydrogen) atoms. The quantitative estimate of drug-likeness (QED) is 0.412. The molecule has 0 radical (unpaired) electrons. The molecule has 0 saturated carbocycles. The summed E-state index contributed by atoms with van der Waals surface area (Å²) in [4.78, 5) is 11.0. The molecule has 0 bridgehead atoms. The molecule has 118 valence electrons. The van der Waals surface area contributed by atoms with Crippen LogP contribution in [0.5, 0.6) is 0 Å². The van der Waals surface area contributed by atoms with E-state index >= 15 is 0 Å². The van der Waals surface area contributed by atoms with Crippen LogP contribution in [0.25, 0.3) is 0 Å². The van der Waals surface area contributed by atoms with Crippen molar-refractivity contribution in [3.63, 3.8) is 0 Å². The second kappa shape index (κ2) is 11.6. The zero-order valence-corrected chi connectivity index (χ0v) is 16.3. The zero-order chi connectivity index (χ0) is 15.4. The van der Waals surface area contributed by atoms with Crippen molar-refractivity contribution >= 4 is 24.3 Å². The Hall–Kier alpha value is -0.0313. The fourth-order valence-corrected chi connectivity index (χ4v) is 18.8. The molecule has 0 atom stereocenters. The van der Waals surface area contributed by atoms with E-state index in [2.05, 4.69) is 20.8 Å². The molecule has 0 aliphatic heterocycles. The normalized spacial score (nSPS) is 12.7. The van der Waals surface area contributed by atoms with Gasteiger partial charge in [0, 0.05) is 0 Å². The van der Waals surface area contributed by atoms with Gasteiger partial charge in [0.25, 0.3) is 0 Å². The summed E-state index contributed by atoms with van der Waals surface area (Å²) in [5.74, 6) is -1.14. The molecule has 0 spiro atoms. The summed E-state index contributed by atoms with van der Waals surface area (Å²) in [6.45, 7) is 6.45. The predicted octanol–water partition coefficient (Wildman–Crippen LogP) is 3.04. The molecule has 0 rings (SSSR count). The topological polar surface area (TPSA) is 60.4 Å². The van der Waals surface area contributed by atoms with Gasteiger partial charge in [-0.3, -0.25) is 0 Å². The number of aliphatic hydroxyl groups excluding tert-OH is 1. The Kier molecular flexibility index (Phi) is 11.6. The Morgan fingerprint density at radius 3 is 1.65 bits per heavy atom. The molecule has 0 aromatic heterocycles. The maximum absolute atomic E-state index is 11.0. The van der Waals surface area contributed by atoms with Crippen molar-refractivity contribution in [3.8, 4) is 0 Å². The second-order valence-corrected chi connectivity index (χ2v) is 19.2. The van der Waals surface area contributed by atoms with Crippen molar-refractivity contribution in [3.05, 3.63) is 9.67 Å². The van der Waals surface area contributed by atoms with Crippen LogP contribution in [0.1, 0.15) is 59.3 Å². The van der Waals surface area contributed by atoms with Gasteiger partial charge in [0.1, 0.15) is 0 Å². The number of carboxylic acid groups (broad SMARTS) is 1. The third kappa shape index (κ3) is 7.11. The first-order valence-electron chi connectivity index (χ1n) is 8.09. The Morgan fingerprint density at radius 2 is 1.40 bits per heavy atom. The number of aliphatic hydroxyl groups is 1. The Balaban J connectivity index is 5.33. The van der Waals surface area contributed by atoms with E-state index in [0.717, 1.165) is 42.1 Å². The van der Waals surface area contributed by atoms with Gasteiger partial charge in [0.15, 0.2) is 0 Å². The molecule has 0 aromatic carbocycles. The van der Waals surface area contributed by atoms with Crippen molar-refractivity contribution in [1.29, 1.82) is 0 Å². The first-order valence-corrected chi connectivity index (χ1v) is 15.6. The van der Waals surface area contributed by atoms with Gasteiger partial charge in [0.05, 0.1) is 0 Å². The molecule has 0 fully saturated rings. The molecule has 0 aliphatic rings. The van der Waals surface area contributed by atoms with Gasteiger partial charge in [-0.25, -0.2) is 0 Å². The maximum atomic E-state index is 11.0. The number of carbonyl (C=O) groups is 1. The van der Waals surface area contributed by atoms with Crippen LogP contribution in [0.2, 0.25) is 13.3 Å². The minimum atomic E-state index is -2.73. The molecule has 0 heterocycles. The van der Waals surface area contributed by atoms with Gasteiger partial charge in [-0.05, 0) is 0 Å². The summed E-state index contributed by atoms with van der Waals surface area (Å²) in [7, 11) is 0. The van der Waals surface area contributed by atoms with Crippen LogP contribution < -0.4 is 5.11 Å². The number of aliphatic carboxylic acids is 1. The van der Waals surface area contributed by atoms with E-state index in [-0.39, 0.29) is 6.61 Å². The van der Waals surface area contributed by atoms with E-state index in [1.54, 1.807) is 0 Å². The van der Waals surface area contributed by atoms with Gasteiger partial charge >= 0.3 is 128 Å². The standard InChI is InChI=1S/C4H5O3.3C4H9.Sn/c5-3-1-2-4(6)7;3*1-3-4-2;/h2,5H,3H2,(H,6,7);3*1,3-4H2,2H3;/p-1. The van der Waals surface area contributed by atoms with Gasteiger partial charge < -0.3 is 0 Å². The number of rotatable bonds is 12. The number of hydrogen-bond acceptors (Lipinski definition) is 3. The van der Waals surface area contributed by atoms with Crippen molar-refractivity contribution in [2.75, 3.05) is 6.61 Å². The van der Waals surface area contributed by atoms with Crippen LogP contribution in [0.4, 0.5) is 0 Å². The fourth-order valence-electron chi connectivity index (χ4n) is 2.91. The fraction of sp³-hybridized carbons (Fsp3) is 0.812. The van der Waals surface area contributed by atoms with E-state index in [4.69, 9.17) is 0 Å². The summed E-state index contributed by atoms with van der Waals surface area (Å²) >= 11 is -2.73. The van der Waals surface area contributed by atoms with Crippen molar-refractivity contribution < 1.29 is 15.0 Å². The average molecular weight is 390 g/mol. The molecule has 0 aliphatic carbocycles. The zero-order valence-electron chi connectivity index (χ0n) is 13.4. The molecular weight excluding hydrogens is 359 g/mol. The first kappa shape index (κ1) is 20.0. The van der Waals surface area contributed by atoms with Crippen LogP contribution >= 0.6 is 0 Å². The number of carboxylic acids is 1. The Bertz CT molecular complexity index is 278.